The van der Waals surface area contributed by atoms with Crippen molar-refractivity contribution >= 4 is 23.4 Å². The average Bonchev–Trinajstić information content (AvgIpc) is 3.38. The summed E-state index contributed by atoms with van der Waals surface area (Å²) in [5.41, 5.74) is 3.65. The maximum Gasteiger partial charge on any atom is 0.237 e. The Balaban J connectivity index is 1.46. The zero-order chi connectivity index (χ0) is 22.1. The largest absolute Gasteiger partial charge is 0.507 e. The number of carbonyl (C=O) groups excluding carboxylic acids is 1. The van der Waals surface area contributed by atoms with Crippen LogP contribution in [0.4, 0.5) is 5.69 Å². The van der Waals surface area contributed by atoms with Gasteiger partial charge in [0.15, 0.2) is 11.0 Å². The summed E-state index contributed by atoms with van der Waals surface area (Å²) in [7, 11) is 0. The lowest BCUT2D eigenvalue weighted by Gasteiger charge is -2.22. The molecule has 1 aromatic heterocycles. The van der Waals surface area contributed by atoms with Crippen molar-refractivity contribution in [3.8, 4) is 22.8 Å². The summed E-state index contributed by atoms with van der Waals surface area (Å²) >= 11 is 1.35. The number of hydrogen-bond donors (Lipinski definition) is 1. The molecule has 1 aliphatic heterocycles. The molecule has 32 heavy (non-hydrogen) atoms. The molecule has 1 N–H and O–H groups in total. The Kier molecular flexibility index (Phi) is 5.41. The van der Waals surface area contributed by atoms with Crippen molar-refractivity contribution in [1.82, 2.24) is 14.8 Å². The number of amides is 1. The van der Waals surface area contributed by atoms with Crippen LogP contribution in [-0.4, -0.2) is 37.6 Å². The Morgan fingerprint density at radius 2 is 1.72 bits per heavy atom. The van der Waals surface area contributed by atoms with Crippen LogP contribution in [0, 0.1) is 0 Å². The minimum absolute atomic E-state index is 0.0409. The minimum Gasteiger partial charge on any atom is -0.507 e. The third-order valence-electron chi connectivity index (χ3n) is 5.59. The summed E-state index contributed by atoms with van der Waals surface area (Å²) in [5.74, 6) is 0.945. The highest BCUT2D eigenvalue weighted by Gasteiger charge is 2.31. The van der Waals surface area contributed by atoms with E-state index >= 15 is 0 Å². The van der Waals surface area contributed by atoms with E-state index in [1.807, 2.05) is 64.1 Å². The van der Waals surface area contributed by atoms with Crippen LogP contribution in [-0.2, 0) is 11.2 Å². The first-order valence-corrected chi connectivity index (χ1v) is 11.4. The van der Waals surface area contributed by atoms with Gasteiger partial charge in [0, 0.05) is 17.4 Å². The van der Waals surface area contributed by atoms with Crippen molar-refractivity contribution in [2.45, 2.75) is 24.5 Å². The number of aromatic nitrogens is 3. The van der Waals surface area contributed by atoms with E-state index in [2.05, 4.69) is 23.2 Å². The molecular formula is C25H22N4O2S. The molecule has 0 bridgehead atoms. The molecule has 0 saturated heterocycles. The van der Waals surface area contributed by atoms with Crippen molar-refractivity contribution in [1.29, 1.82) is 0 Å². The van der Waals surface area contributed by atoms with Crippen LogP contribution in [0.2, 0.25) is 0 Å². The SMILES string of the molecule is C[C@@H]1Cc2ccccc2N1C(=O)CSc1nnc(-c2ccccc2O)n1-c1ccccc1. The lowest BCUT2D eigenvalue weighted by atomic mass is 10.1. The first kappa shape index (κ1) is 20.3. The molecule has 5 rings (SSSR count). The number of rotatable bonds is 5. The maximum absolute atomic E-state index is 13.2. The van der Waals surface area contributed by atoms with Gasteiger partial charge in [0.1, 0.15) is 5.75 Å². The molecule has 160 valence electrons. The summed E-state index contributed by atoms with van der Waals surface area (Å²) in [6.07, 6.45) is 0.865. The van der Waals surface area contributed by atoms with Gasteiger partial charge in [-0.2, -0.15) is 0 Å². The monoisotopic (exact) mass is 442 g/mol. The standard InChI is InChI=1S/C25H22N4O2S/c1-17-15-18-9-5-7-13-21(18)28(17)23(31)16-32-25-27-26-24(20-12-6-8-14-22(20)30)29(25)19-10-3-2-4-11-19/h2-14,17,30H,15-16H2,1H3/t17-/m1/s1. The highest BCUT2D eigenvalue weighted by molar-refractivity contribution is 7.99. The predicted octanol–water partition coefficient (Wildman–Crippen LogP) is 4.71. The fourth-order valence-corrected chi connectivity index (χ4v) is 4.96. The topological polar surface area (TPSA) is 71.2 Å². The molecule has 7 heteroatoms. The van der Waals surface area contributed by atoms with E-state index in [1.54, 1.807) is 18.2 Å². The molecule has 6 nitrogen and oxygen atoms in total. The minimum atomic E-state index is 0.0409. The molecule has 4 aromatic rings. The van der Waals surface area contributed by atoms with E-state index < -0.39 is 0 Å². The Morgan fingerprint density at radius 3 is 2.53 bits per heavy atom. The normalized spacial score (nSPS) is 15.0. The van der Waals surface area contributed by atoms with Crippen molar-refractivity contribution < 1.29 is 9.90 Å². The first-order valence-electron chi connectivity index (χ1n) is 10.5. The molecule has 0 radical (unpaired) electrons. The van der Waals surface area contributed by atoms with Gasteiger partial charge in [-0.05, 0) is 49.2 Å². The van der Waals surface area contributed by atoms with Crippen LogP contribution < -0.4 is 4.90 Å². The number of phenols is 1. The molecule has 3 aromatic carbocycles. The number of anilines is 1. The van der Waals surface area contributed by atoms with Gasteiger partial charge >= 0.3 is 0 Å². The van der Waals surface area contributed by atoms with Crippen molar-refractivity contribution in [3.63, 3.8) is 0 Å². The highest BCUT2D eigenvalue weighted by Crippen LogP contribution is 2.35. The van der Waals surface area contributed by atoms with Gasteiger partial charge < -0.3 is 10.0 Å². The second kappa shape index (κ2) is 8.51. The summed E-state index contributed by atoms with van der Waals surface area (Å²) in [5, 5.41) is 19.7. The third kappa shape index (κ3) is 3.65. The molecule has 0 fully saturated rings. The van der Waals surface area contributed by atoms with Gasteiger partial charge in [0.05, 0.1) is 11.3 Å². The van der Waals surface area contributed by atoms with Crippen molar-refractivity contribution in [3.05, 3.63) is 84.4 Å². The van der Waals surface area contributed by atoms with Crippen LogP contribution in [0.1, 0.15) is 12.5 Å². The van der Waals surface area contributed by atoms with Gasteiger partial charge in [-0.15, -0.1) is 10.2 Å². The van der Waals surface area contributed by atoms with E-state index in [1.165, 1.54) is 17.3 Å². The molecule has 0 saturated carbocycles. The van der Waals surface area contributed by atoms with E-state index in [9.17, 15) is 9.90 Å². The Hall–Kier alpha value is -3.58. The number of phenolic OH excluding ortho intramolecular Hbond substituents is 1. The fourth-order valence-electron chi connectivity index (χ4n) is 4.15. The second-order valence-corrected chi connectivity index (χ2v) is 8.67. The van der Waals surface area contributed by atoms with Crippen molar-refractivity contribution in [2.75, 3.05) is 10.7 Å². The lowest BCUT2D eigenvalue weighted by molar-refractivity contribution is -0.116. The zero-order valence-corrected chi connectivity index (χ0v) is 18.4. The summed E-state index contributed by atoms with van der Waals surface area (Å²) in [4.78, 5) is 15.1. The predicted molar refractivity (Wildman–Crippen MR) is 126 cm³/mol. The van der Waals surface area contributed by atoms with Gasteiger partial charge in [0.25, 0.3) is 0 Å². The third-order valence-corrected chi connectivity index (χ3v) is 6.51. The summed E-state index contributed by atoms with van der Waals surface area (Å²) in [6.45, 7) is 2.07. The molecule has 1 atom stereocenters. The van der Waals surface area contributed by atoms with E-state index in [4.69, 9.17) is 0 Å². The van der Waals surface area contributed by atoms with Crippen LogP contribution in [0.5, 0.6) is 5.75 Å². The van der Waals surface area contributed by atoms with Gasteiger partial charge in [-0.1, -0.05) is 60.3 Å². The molecule has 0 spiro atoms. The van der Waals surface area contributed by atoms with Gasteiger partial charge in [-0.25, -0.2) is 0 Å². The number of hydrogen-bond acceptors (Lipinski definition) is 5. The number of fused-ring (bicyclic) bond motifs is 1. The average molecular weight is 443 g/mol. The molecular weight excluding hydrogens is 420 g/mol. The zero-order valence-electron chi connectivity index (χ0n) is 17.5. The number of thioether (sulfide) groups is 1. The molecule has 2 heterocycles. The number of para-hydroxylation sites is 3. The van der Waals surface area contributed by atoms with Gasteiger partial charge in [0.2, 0.25) is 5.91 Å². The van der Waals surface area contributed by atoms with E-state index in [-0.39, 0.29) is 23.5 Å². The Bertz CT molecular complexity index is 1270. The Labute approximate surface area is 190 Å². The summed E-state index contributed by atoms with van der Waals surface area (Å²) < 4.78 is 1.88. The smallest absolute Gasteiger partial charge is 0.237 e. The second-order valence-electron chi connectivity index (χ2n) is 7.73. The van der Waals surface area contributed by atoms with Crippen LogP contribution in [0.3, 0.4) is 0 Å². The van der Waals surface area contributed by atoms with Crippen molar-refractivity contribution in [2.24, 2.45) is 0 Å². The lowest BCUT2D eigenvalue weighted by Crippen LogP contribution is -2.37. The van der Waals surface area contributed by atoms with Crippen LogP contribution in [0.15, 0.2) is 84.0 Å². The molecule has 1 aliphatic rings. The van der Waals surface area contributed by atoms with E-state index in [0.717, 1.165) is 17.8 Å². The molecule has 0 aliphatic carbocycles. The molecule has 0 unspecified atom stereocenters. The van der Waals surface area contributed by atoms with Crippen LogP contribution >= 0.6 is 11.8 Å². The first-order chi connectivity index (χ1) is 15.6. The molecule has 1 amide bonds. The fraction of sp³-hybridized carbons (Fsp3) is 0.160. The number of benzene rings is 3. The quantitative estimate of drug-likeness (QED) is 0.453. The number of carbonyl (C=O) groups is 1. The van der Waals surface area contributed by atoms with Crippen LogP contribution in [0.25, 0.3) is 17.1 Å². The Morgan fingerprint density at radius 1 is 1.00 bits per heavy atom. The van der Waals surface area contributed by atoms with Gasteiger partial charge in [-0.3, -0.25) is 9.36 Å². The highest BCUT2D eigenvalue weighted by atomic mass is 32.2. The number of nitrogens with zero attached hydrogens (tertiary/aromatic N) is 4. The summed E-state index contributed by atoms with van der Waals surface area (Å²) in [6, 6.07) is 25.0. The van der Waals surface area contributed by atoms with E-state index in [0.29, 0.717) is 16.5 Å². The maximum atomic E-state index is 13.2. The number of aromatic hydroxyl groups is 1.